The molecule has 16 heavy (non-hydrogen) atoms. The number of amides is 2. The Morgan fingerprint density at radius 1 is 1.25 bits per heavy atom. The van der Waals surface area contributed by atoms with Crippen molar-refractivity contribution in [3.05, 3.63) is 0 Å². The first-order valence-electron chi connectivity index (χ1n) is 5.93. The second kappa shape index (κ2) is 4.41. The molecule has 0 unspecified atom stereocenters. The van der Waals surface area contributed by atoms with Gasteiger partial charge < -0.3 is 15.5 Å². The zero-order chi connectivity index (χ0) is 11.6. The molecule has 0 aromatic rings. The van der Waals surface area contributed by atoms with Crippen molar-refractivity contribution in [2.24, 2.45) is 0 Å². The van der Waals surface area contributed by atoms with Gasteiger partial charge in [0.05, 0.1) is 12.1 Å². The van der Waals surface area contributed by atoms with Crippen molar-refractivity contribution in [1.82, 2.24) is 15.5 Å². The SMILES string of the molecule is CNC1(C(=O)NCC(=O)N2CCCC2)CC1. The van der Waals surface area contributed by atoms with Crippen molar-refractivity contribution in [1.29, 1.82) is 0 Å². The fourth-order valence-electron chi connectivity index (χ4n) is 2.12. The molecule has 2 rings (SSSR count). The molecular weight excluding hydrogens is 206 g/mol. The van der Waals surface area contributed by atoms with Gasteiger partial charge in [-0.2, -0.15) is 0 Å². The lowest BCUT2D eigenvalue weighted by Crippen LogP contribution is -2.48. The highest BCUT2D eigenvalue weighted by Crippen LogP contribution is 2.34. The number of nitrogens with one attached hydrogen (secondary N) is 2. The van der Waals surface area contributed by atoms with Gasteiger partial charge in [0.2, 0.25) is 11.8 Å². The molecule has 1 heterocycles. The number of likely N-dealkylation sites (tertiary alicyclic amines) is 1. The third kappa shape index (κ3) is 2.19. The van der Waals surface area contributed by atoms with Crippen LogP contribution in [0.5, 0.6) is 0 Å². The normalized spacial score (nSPS) is 21.9. The molecule has 90 valence electrons. The lowest BCUT2D eigenvalue weighted by atomic mass is 10.2. The minimum absolute atomic E-state index is 0.0393. The van der Waals surface area contributed by atoms with Crippen molar-refractivity contribution in [3.8, 4) is 0 Å². The van der Waals surface area contributed by atoms with E-state index in [1.54, 1.807) is 7.05 Å². The third-order valence-corrected chi connectivity index (χ3v) is 3.52. The molecule has 0 aromatic carbocycles. The minimum Gasteiger partial charge on any atom is -0.345 e. The summed E-state index contributed by atoms with van der Waals surface area (Å²) in [5.74, 6) is 0.000278. The molecule has 0 spiro atoms. The van der Waals surface area contributed by atoms with Crippen LogP contribution in [0.2, 0.25) is 0 Å². The van der Waals surface area contributed by atoms with E-state index in [2.05, 4.69) is 10.6 Å². The van der Waals surface area contributed by atoms with Gasteiger partial charge >= 0.3 is 0 Å². The van der Waals surface area contributed by atoms with E-state index in [4.69, 9.17) is 0 Å². The molecule has 2 fully saturated rings. The summed E-state index contributed by atoms with van der Waals surface area (Å²) < 4.78 is 0. The standard InChI is InChI=1S/C11H19N3O2/c1-12-11(4-5-11)10(16)13-8-9(15)14-6-2-3-7-14/h12H,2-8H2,1H3,(H,13,16). The Kier molecular flexibility index (Phi) is 3.14. The maximum absolute atomic E-state index is 11.7. The summed E-state index contributed by atoms with van der Waals surface area (Å²) in [6.07, 6.45) is 3.90. The summed E-state index contributed by atoms with van der Waals surface area (Å²) in [6.45, 7) is 1.82. The first-order chi connectivity index (χ1) is 7.68. The second-order valence-corrected chi connectivity index (χ2v) is 4.60. The number of hydrogen-bond acceptors (Lipinski definition) is 3. The van der Waals surface area contributed by atoms with Gasteiger partial charge in [-0.05, 0) is 32.7 Å². The van der Waals surface area contributed by atoms with Crippen LogP contribution in [-0.4, -0.2) is 48.9 Å². The van der Waals surface area contributed by atoms with Crippen molar-refractivity contribution in [2.75, 3.05) is 26.7 Å². The van der Waals surface area contributed by atoms with E-state index in [0.717, 1.165) is 38.8 Å². The van der Waals surface area contributed by atoms with E-state index in [0.29, 0.717) is 0 Å². The highest BCUT2D eigenvalue weighted by molar-refractivity contribution is 5.92. The zero-order valence-electron chi connectivity index (χ0n) is 9.71. The van der Waals surface area contributed by atoms with E-state index >= 15 is 0 Å². The summed E-state index contributed by atoms with van der Waals surface area (Å²) in [5, 5.41) is 5.73. The lowest BCUT2D eigenvalue weighted by Gasteiger charge is -2.18. The van der Waals surface area contributed by atoms with Crippen molar-refractivity contribution < 1.29 is 9.59 Å². The predicted molar refractivity (Wildman–Crippen MR) is 59.8 cm³/mol. The van der Waals surface area contributed by atoms with Crippen LogP contribution in [0.15, 0.2) is 0 Å². The Bertz CT molecular complexity index is 294. The Hall–Kier alpha value is -1.10. The van der Waals surface area contributed by atoms with E-state index in [-0.39, 0.29) is 23.9 Å². The maximum atomic E-state index is 11.7. The number of carbonyl (C=O) groups is 2. The van der Waals surface area contributed by atoms with Crippen LogP contribution in [0.25, 0.3) is 0 Å². The Labute approximate surface area is 95.6 Å². The van der Waals surface area contributed by atoms with Gasteiger partial charge in [0.1, 0.15) is 0 Å². The quantitative estimate of drug-likeness (QED) is 0.676. The average molecular weight is 225 g/mol. The summed E-state index contributed by atoms with van der Waals surface area (Å²) in [6, 6.07) is 0. The monoisotopic (exact) mass is 225 g/mol. The molecule has 1 saturated carbocycles. The van der Waals surface area contributed by atoms with Gasteiger partial charge in [0.25, 0.3) is 0 Å². The van der Waals surface area contributed by atoms with E-state index < -0.39 is 0 Å². The third-order valence-electron chi connectivity index (χ3n) is 3.52. The second-order valence-electron chi connectivity index (χ2n) is 4.60. The Morgan fingerprint density at radius 3 is 2.38 bits per heavy atom. The summed E-state index contributed by atoms with van der Waals surface area (Å²) in [7, 11) is 1.79. The van der Waals surface area contributed by atoms with Crippen molar-refractivity contribution >= 4 is 11.8 Å². The molecule has 1 saturated heterocycles. The van der Waals surface area contributed by atoms with Gasteiger partial charge in [0, 0.05) is 13.1 Å². The summed E-state index contributed by atoms with van der Waals surface area (Å²) in [4.78, 5) is 25.2. The van der Waals surface area contributed by atoms with Crippen molar-refractivity contribution in [3.63, 3.8) is 0 Å². The average Bonchev–Trinajstić information content (AvgIpc) is 2.91. The first kappa shape index (κ1) is 11.4. The van der Waals surface area contributed by atoms with Crippen molar-refractivity contribution in [2.45, 2.75) is 31.2 Å². The fraction of sp³-hybridized carbons (Fsp3) is 0.818. The maximum Gasteiger partial charge on any atom is 0.241 e. The van der Waals surface area contributed by atoms with Crippen LogP contribution in [0, 0.1) is 0 Å². The topological polar surface area (TPSA) is 61.4 Å². The first-order valence-corrected chi connectivity index (χ1v) is 5.93. The number of hydrogen-bond donors (Lipinski definition) is 2. The molecule has 1 aliphatic heterocycles. The van der Waals surface area contributed by atoms with Crippen LogP contribution in [0.3, 0.4) is 0 Å². The van der Waals surface area contributed by atoms with Crippen LogP contribution in [0.1, 0.15) is 25.7 Å². The molecule has 2 amide bonds. The predicted octanol–water partition coefficient (Wildman–Crippen LogP) is -0.523. The number of nitrogens with zero attached hydrogens (tertiary/aromatic N) is 1. The minimum atomic E-state index is -0.384. The van der Waals surface area contributed by atoms with E-state index in [1.165, 1.54) is 0 Å². The van der Waals surface area contributed by atoms with Gasteiger partial charge in [-0.3, -0.25) is 9.59 Å². The smallest absolute Gasteiger partial charge is 0.241 e. The Morgan fingerprint density at radius 2 is 1.88 bits per heavy atom. The lowest BCUT2D eigenvalue weighted by molar-refractivity contribution is -0.132. The number of likely N-dealkylation sites (N-methyl/N-ethyl adjacent to an activating group) is 1. The molecule has 5 heteroatoms. The van der Waals surface area contributed by atoms with Gasteiger partial charge in [-0.1, -0.05) is 0 Å². The molecule has 0 atom stereocenters. The van der Waals surface area contributed by atoms with E-state index in [9.17, 15) is 9.59 Å². The Balaban J connectivity index is 1.74. The molecule has 2 N–H and O–H groups in total. The van der Waals surface area contributed by atoms with Gasteiger partial charge in [-0.25, -0.2) is 0 Å². The van der Waals surface area contributed by atoms with Crippen LogP contribution in [-0.2, 0) is 9.59 Å². The molecular formula is C11H19N3O2. The molecule has 0 aromatic heterocycles. The van der Waals surface area contributed by atoms with Crippen LogP contribution in [0.4, 0.5) is 0 Å². The molecule has 0 bridgehead atoms. The highest BCUT2D eigenvalue weighted by atomic mass is 16.2. The number of rotatable bonds is 4. The highest BCUT2D eigenvalue weighted by Gasteiger charge is 2.48. The molecule has 5 nitrogen and oxygen atoms in total. The summed E-state index contributed by atoms with van der Waals surface area (Å²) >= 11 is 0. The molecule has 1 aliphatic carbocycles. The molecule has 2 aliphatic rings. The largest absolute Gasteiger partial charge is 0.345 e. The van der Waals surface area contributed by atoms with E-state index in [1.807, 2.05) is 4.90 Å². The summed E-state index contributed by atoms with van der Waals surface area (Å²) in [5.41, 5.74) is -0.384. The zero-order valence-corrected chi connectivity index (χ0v) is 9.71. The number of carbonyl (C=O) groups excluding carboxylic acids is 2. The van der Waals surface area contributed by atoms with Gasteiger partial charge in [0.15, 0.2) is 0 Å². The van der Waals surface area contributed by atoms with Crippen LogP contribution >= 0.6 is 0 Å². The molecule has 0 radical (unpaired) electrons. The van der Waals surface area contributed by atoms with Crippen LogP contribution < -0.4 is 10.6 Å². The fourth-order valence-corrected chi connectivity index (χ4v) is 2.12. The van der Waals surface area contributed by atoms with Gasteiger partial charge in [-0.15, -0.1) is 0 Å².